The van der Waals surface area contributed by atoms with E-state index in [4.69, 9.17) is 0 Å². The molecular formula is C14H15F4NO2. The fourth-order valence-electron chi connectivity index (χ4n) is 2.37. The molecule has 0 fully saturated rings. The number of rotatable bonds is 6. The van der Waals surface area contributed by atoms with Crippen molar-refractivity contribution in [1.29, 1.82) is 0 Å². The lowest BCUT2D eigenvalue weighted by atomic mass is 9.84. The standard InChI is InChI=1S/C14H15F4NO2/c15-13(16)14(17,18)8-21-7-11(20)10-5-1-3-9-4-2-6-19-12(9)10/h2,4,6,10,13H,1,3,5,7-8H2. The number of hydrogen-bond donors (Lipinski definition) is 0. The molecule has 1 aliphatic rings. The molecule has 0 spiro atoms. The van der Waals surface area contributed by atoms with Gasteiger partial charge in [0.2, 0.25) is 0 Å². The van der Waals surface area contributed by atoms with Crippen molar-refractivity contribution in [1.82, 2.24) is 4.98 Å². The third-order valence-electron chi connectivity index (χ3n) is 3.44. The number of pyridine rings is 1. The number of halogens is 4. The molecule has 0 radical (unpaired) electrons. The van der Waals surface area contributed by atoms with Gasteiger partial charge in [-0.1, -0.05) is 6.07 Å². The minimum absolute atomic E-state index is 0.403. The monoisotopic (exact) mass is 305 g/mol. The molecule has 1 aromatic rings. The van der Waals surface area contributed by atoms with Gasteiger partial charge in [0.05, 0.1) is 11.6 Å². The van der Waals surface area contributed by atoms with Crippen LogP contribution >= 0.6 is 0 Å². The highest BCUT2D eigenvalue weighted by atomic mass is 19.3. The van der Waals surface area contributed by atoms with Crippen LogP contribution in [0.1, 0.15) is 30.0 Å². The molecule has 0 amide bonds. The summed E-state index contributed by atoms with van der Waals surface area (Å²) in [6.07, 6.45) is -0.0579. The van der Waals surface area contributed by atoms with E-state index in [1.807, 2.05) is 6.07 Å². The van der Waals surface area contributed by atoms with Crippen molar-refractivity contribution in [2.24, 2.45) is 0 Å². The Morgan fingerprint density at radius 1 is 1.48 bits per heavy atom. The number of aryl methyl sites for hydroxylation is 1. The van der Waals surface area contributed by atoms with E-state index in [1.165, 1.54) is 0 Å². The molecule has 0 aliphatic heterocycles. The molecule has 2 rings (SSSR count). The molecule has 1 atom stereocenters. The van der Waals surface area contributed by atoms with Crippen molar-refractivity contribution < 1.29 is 27.1 Å². The summed E-state index contributed by atoms with van der Waals surface area (Å²) in [5, 5.41) is 0. The summed E-state index contributed by atoms with van der Waals surface area (Å²) in [6.45, 7) is -2.07. The van der Waals surface area contributed by atoms with Crippen LogP contribution in [0.3, 0.4) is 0 Å². The summed E-state index contributed by atoms with van der Waals surface area (Å²) in [6, 6.07) is 3.64. The summed E-state index contributed by atoms with van der Waals surface area (Å²) in [4.78, 5) is 16.2. The van der Waals surface area contributed by atoms with Crippen LogP contribution in [0.25, 0.3) is 0 Å². The predicted molar refractivity (Wildman–Crippen MR) is 66.7 cm³/mol. The van der Waals surface area contributed by atoms with E-state index in [2.05, 4.69) is 9.72 Å². The molecule has 0 aromatic carbocycles. The normalized spacial score (nSPS) is 18.6. The molecule has 1 heterocycles. The zero-order chi connectivity index (χ0) is 15.5. The predicted octanol–water partition coefficient (Wildman–Crippen LogP) is 2.99. The van der Waals surface area contributed by atoms with Gasteiger partial charge in [0, 0.05) is 6.20 Å². The Morgan fingerprint density at radius 2 is 2.24 bits per heavy atom. The number of hydrogen-bond acceptors (Lipinski definition) is 3. The SMILES string of the molecule is O=C(COCC(F)(F)C(F)F)C1CCCc2cccnc21. The number of carbonyl (C=O) groups is 1. The smallest absolute Gasteiger partial charge is 0.330 e. The van der Waals surface area contributed by atoms with Gasteiger partial charge in [-0.2, -0.15) is 8.78 Å². The molecule has 7 heteroatoms. The average molecular weight is 305 g/mol. The lowest BCUT2D eigenvalue weighted by Gasteiger charge is -2.23. The lowest BCUT2D eigenvalue weighted by molar-refractivity contribution is -0.168. The van der Waals surface area contributed by atoms with E-state index in [9.17, 15) is 22.4 Å². The molecule has 116 valence electrons. The van der Waals surface area contributed by atoms with Crippen LogP contribution in [0.4, 0.5) is 17.6 Å². The number of alkyl halides is 4. The van der Waals surface area contributed by atoms with Gasteiger partial charge in [-0.05, 0) is 30.9 Å². The van der Waals surface area contributed by atoms with Gasteiger partial charge in [-0.15, -0.1) is 0 Å². The average Bonchev–Trinajstić information content (AvgIpc) is 2.46. The molecule has 0 bridgehead atoms. The molecular weight excluding hydrogens is 290 g/mol. The molecule has 1 aliphatic carbocycles. The quantitative estimate of drug-likeness (QED) is 0.759. The molecule has 21 heavy (non-hydrogen) atoms. The minimum atomic E-state index is -4.23. The summed E-state index contributed by atoms with van der Waals surface area (Å²) in [5.41, 5.74) is 1.60. The number of ketones is 1. The van der Waals surface area contributed by atoms with Gasteiger partial charge in [0.15, 0.2) is 5.78 Å². The van der Waals surface area contributed by atoms with Crippen molar-refractivity contribution in [3.63, 3.8) is 0 Å². The number of nitrogens with zero attached hydrogens (tertiary/aromatic N) is 1. The van der Waals surface area contributed by atoms with E-state index >= 15 is 0 Å². The molecule has 3 nitrogen and oxygen atoms in total. The first-order valence-corrected chi connectivity index (χ1v) is 6.62. The van der Waals surface area contributed by atoms with Gasteiger partial charge in [0.1, 0.15) is 13.2 Å². The molecule has 0 N–H and O–H groups in total. The Morgan fingerprint density at radius 3 is 2.95 bits per heavy atom. The molecule has 0 saturated heterocycles. The van der Waals surface area contributed by atoms with Crippen molar-refractivity contribution in [3.8, 4) is 0 Å². The zero-order valence-corrected chi connectivity index (χ0v) is 11.2. The van der Waals surface area contributed by atoms with Crippen LogP contribution in [0, 0.1) is 0 Å². The second-order valence-electron chi connectivity index (χ2n) is 5.01. The van der Waals surface area contributed by atoms with Crippen LogP contribution in [-0.4, -0.2) is 36.3 Å². The van der Waals surface area contributed by atoms with E-state index in [0.717, 1.165) is 18.4 Å². The summed E-state index contributed by atoms with van der Waals surface area (Å²) in [5.74, 6) is -5.14. The molecule has 1 aromatic heterocycles. The third-order valence-corrected chi connectivity index (χ3v) is 3.44. The maximum absolute atomic E-state index is 12.7. The number of carbonyl (C=O) groups excluding carboxylic acids is 1. The van der Waals surface area contributed by atoms with Gasteiger partial charge < -0.3 is 4.74 Å². The van der Waals surface area contributed by atoms with Crippen molar-refractivity contribution in [3.05, 3.63) is 29.6 Å². The van der Waals surface area contributed by atoms with Gasteiger partial charge in [-0.3, -0.25) is 9.78 Å². The van der Waals surface area contributed by atoms with E-state index < -0.39 is 37.3 Å². The van der Waals surface area contributed by atoms with Crippen LogP contribution in [0.2, 0.25) is 0 Å². The number of Topliss-reactive ketones (excluding diaryl/α,β-unsaturated/α-hetero) is 1. The van der Waals surface area contributed by atoms with Crippen molar-refractivity contribution in [2.45, 2.75) is 37.5 Å². The zero-order valence-electron chi connectivity index (χ0n) is 11.2. The third kappa shape index (κ3) is 3.78. The van der Waals surface area contributed by atoms with Gasteiger partial charge >= 0.3 is 12.3 Å². The van der Waals surface area contributed by atoms with E-state index in [-0.39, 0.29) is 0 Å². The first-order chi connectivity index (χ1) is 9.92. The van der Waals surface area contributed by atoms with Gasteiger partial charge in [0.25, 0.3) is 0 Å². The van der Waals surface area contributed by atoms with Crippen LogP contribution in [0.5, 0.6) is 0 Å². The Kier molecular flexibility index (Phi) is 4.92. The fraction of sp³-hybridized carbons (Fsp3) is 0.571. The number of aromatic nitrogens is 1. The first-order valence-electron chi connectivity index (χ1n) is 6.62. The second-order valence-corrected chi connectivity index (χ2v) is 5.01. The van der Waals surface area contributed by atoms with Gasteiger partial charge in [-0.25, -0.2) is 8.78 Å². The van der Waals surface area contributed by atoms with Crippen molar-refractivity contribution in [2.75, 3.05) is 13.2 Å². The minimum Gasteiger partial charge on any atom is -0.367 e. The number of ether oxygens (including phenoxy) is 1. The van der Waals surface area contributed by atoms with Crippen LogP contribution in [0.15, 0.2) is 18.3 Å². The highest BCUT2D eigenvalue weighted by molar-refractivity contribution is 5.87. The maximum atomic E-state index is 12.7. The molecule has 1 unspecified atom stereocenters. The Balaban J connectivity index is 1.93. The fourth-order valence-corrected chi connectivity index (χ4v) is 2.37. The van der Waals surface area contributed by atoms with Crippen LogP contribution in [-0.2, 0) is 16.0 Å². The summed E-state index contributed by atoms with van der Waals surface area (Å²) in [7, 11) is 0. The highest BCUT2D eigenvalue weighted by Gasteiger charge is 2.41. The Bertz CT molecular complexity index is 508. The van der Waals surface area contributed by atoms with E-state index in [0.29, 0.717) is 12.1 Å². The topological polar surface area (TPSA) is 39.2 Å². The summed E-state index contributed by atoms with van der Waals surface area (Å²) >= 11 is 0. The lowest BCUT2D eigenvalue weighted by Crippen LogP contribution is -2.34. The highest BCUT2D eigenvalue weighted by Crippen LogP contribution is 2.30. The maximum Gasteiger partial charge on any atom is 0.330 e. The second kappa shape index (κ2) is 6.51. The largest absolute Gasteiger partial charge is 0.367 e. The Labute approximate surface area is 119 Å². The molecule has 0 saturated carbocycles. The van der Waals surface area contributed by atoms with Crippen LogP contribution < -0.4 is 0 Å². The van der Waals surface area contributed by atoms with Crippen molar-refractivity contribution >= 4 is 5.78 Å². The Hall–Kier alpha value is -1.50. The van der Waals surface area contributed by atoms with E-state index in [1.54, 1.807) is 12.3 Å². The number of fused-ring (bicyclic) bond motifs is 1. The first kappa shape index (κ1) is 15.9. The summed E-state index contributed by atoms with van der Waals surface area (Å²) < 4.78 is 53.8.